The van der Waals surface area contributed by atoms with Gasteiger partial charge in [0.2, 0.25) is 0 Å². The molecule has 0 radical (unpaired) electrons. The van der Waals surface area contributed by atoms with Crippen LogP contribution in [0.3, 0.4) is 0 Å². The van der Waals surface area contributed by atoms with E-state index in [4.69, 9.17) is 15.2 Å². The summed E-state index contributed by atoms with van der Waals surface area (Å²) >= 11 is 0. The first-order valence-electron chi connectivity index (χ1n) is 7.92. The Bertz CT molecular complexity index is 528. The van der Waals surface area contributed by atoms with Gasteiger partial charge in [-0.15, -0.1) is 0 Å². The molecule has 0 saturated heterocycles. The zero-order valence-corrected chi connectivity index (χ0v) is 12.2. The number of rotatable bonds is 2. The highest BCUT2D eigenvalue weighted by atomic mass is 16.7. The minimum Gasteiger partial charge on any atom is -0.448 e. The molecule has 3 heteroatoms. The van der Waals surface area contributed by atoms with Gasteiger partial charge in [0, 0.05) is 24.3 Å². The third-order valence-corrected chi connectivity index (χ3v) is 5.39. The van der Waals surface area contributed by atoms with Gasteiger partial charge in [0.25, 0.3) is 5.79 Å². The van der Waals surface area contributed by atoms with Gasteiger partial charge < -0.3 is 15.2 Å². The SMILES string of the molecule is CC(N)C1(c2ccc3c(c2)OC2(CCCCC2)O3)CC1. The van der Waals surface area contributed by atoms with Crippen molar-refractivity contribution in [2.75, 3.05) is 0 Å². The van der Waals surface area contributed by atoms with Gasteiger partial charge in [-0.05, 0) is 50.3 Å². The lowest BCUT2D eigenvalue weighted by Crippen LogP contribution is -2.40. The van der Waals surface area contributed by atoms with Crippen LogP contribution in [0.25, 0.3) is 0 Å². The molecule has 2 aliphatic carbocycles. The molecule has 1 aliphatic heterocycles. The molecule has 0 bridgehead atoms. The van der Waals surface area contributed by atoms with Crippen molar-refractivity contribution in [3.8, 4) is 11.5 Å². The largest absolute Gasteiger partial charge is 0.448 e. The van der Waals surface area contributed by atoms with Gasteiger partial charge in [-0.2, -0.15) is 0 Å². The van der Waals surface area contributed by atoms with Crippen molar-refractivity contribution in [2.24, 2.45) is 5.73 Å². The number of hydrogen-bond donors (Lipinski definition) is 1. The van der Waals surface area contributed by atoms with Crippen LogP contribution in [0.1, 0.15) is 57.4 Å². The van der Waals surface area contributed by atoms with Gasteiger partial charge in [0.15, 0.2) is 11.5 Å². The molecular formula is C17H23NO2. The monoisotopic (exact) mass is 273 g/mol. The second kappa shape index (κ2) is 4.14. The topological polar surface area (TPSA) is 44.5 Å². The first-order chi connectivity index (χ1) is 9.64. The van der Waals surface area contributed by atoms with Crippen molar-refractivity contribution in [3.63, 3.8) is 0 Å². The zero-order chi connectivity index (χ0) is 13.8. The second-order valence-corrected chi connectivity index (χ2v) is 6.78. The highest BCUT2D eigenvalue weighted by Gasteiger charge is 2.49. The molecule has 1 unspecified atom stereocenters. The Labute approximate surface area is 120 Å². The van der Waals surface area contributed by atoms with Gasteiger partial charge in [-0.25, -0.2) is 0 Å². The highest BCUT2D eigenvalue weighted by Crippen LogP contribution is 2.53. The molecule has 4 rings (SSSR count). The molecule has 3 nitrogen and oxygen atoms in total. The number of nitrogens with two attached hydrogens (primary N) is 1. The summed E-state index contributed by atoms with van der Waals surface area (Å²) in [7, 11) is 0. The molecule has 2 fully saturated rings. The maximum atomic E-state index is 6.22. The lowest BCUT2D eigenvalue weighted by molar-refractivity contribution is -0.105. The van der Waals surface area contributed by atoms with E-state index >= 15 is 0 Å². The van der Waals surface area contributed by atoms with E-state index < -0.39 is 0 Å². The minimum absolute atomic E-state index is 0.181. The summed E-state index contributed by atoms with van der Waals surface area (Å²) in [5.41, 5.74) is 7.68. The maximum absolute atomic E-state index is 6.22. The zero-order valence-electron chi connectivity index (χ0n) is 12.2. The van der Waals surface area contributed by atoms with E-state index in [9.17, 15) is 0 Å². The standard InChI is InChI=1S/C17H23NO2/c1-12(18)16(9-10-16)13-5-6-14-15(11-13)20-17(19-14)7-3-2-4-8-17/h5-6,11-12H,2-4,7-10,18H2,1H3. The van der Waals surface area contributed by atoms with E-state index in [1.165, 1.54) is 37.7 Å². The molecule has 1 heterocycles. The summed E-state index contributed by atoms with van der Waals surface area (Å²) in [4.78, 5) is 0. The Kier molecular flexibility index (Phi) is 2.59. The molecule has 108 valence electrons. The summed E-state index contributed by atoms with van der Waals surface area (Å²) < 4.78 is 12.3. The second-order valence-electron chi connectivity index (χ2n) is 6.78. The lowest BCUT2D eigenvalue weighted by atomic mass is 9.89. The molecule has 2 N–H and O–H groups in total. The van der Waals surface area contributed by atoms with Crippen molar-refractivity contribution < 1.29 is 9.47 Å². The van der Waals surface area contributed by atoms with Crippen LogP contribution in [0.15, 0.2) is 18.2 Å². The van der Waals surface area contributed by atoms with Gasteiger partial charge in [-0.1, -0.05) is 12.5 Å². The van der Waals surface area contributed by atoms with Crippen molar-refractivity contribution in [1.82, 2.24) is 0 Å². The number of ether oxygens (including phenoxy) is 2. The first kappa shape index (κ1) is 12.5. The van der Waals surface area contributed by atoms with E-state index in [2.05, 4.69) is 25.1 Å². The van der Waals surface area contributed by atoms with Gasteiger partial charge in [0.1, 0.15) is 0 Å². The van der Waals surface area contributed by atoms with Crippen LogP contribution in [-0.4, -0.2) is 11.8 Å². The fourth-order valence-corrected chi connectivity index (χ4v) is 3.84. The van der Waals surface area contributed by atoms with Gasteiger partial charge >= 0.3 is 0 Å². The normalized spacial score (nSPS) is 26.5. The minimum atomic E-state index is -0.371. The number of hydrogen-bond acceptors (Lipinski definition) is 3. The van der Waals surface area contributed by atoms with Crippen molar-refractivity contribution >= 4 is 0 Å². The fourth-order valence-electron chi connectivity index (χ4n) is 3.84. The fraction of sp³-hybridized carbons (Fsp3) is 0.647. The van der Waals surface area contributed by atoms with Gasteiger partial charge in [0.05, 0.1) is 0 Å². The van der Waals surface area contributed by atoms with Crippen LogP contribution >= 0.6 is 0 Å². The Balaban J connectivity index is 1.63. The van der Waals surface area contributed by atoms with Gasteiger partial charge in [-0.3, -0.25) is 0 Å². The van der Waals surface area contributed by atoms with Crippen LogP contribution in [0.4, 0.5) is 0 Å². The average Bonchev–Trinajstić information content (AvgIpc) is 3.17. The molecule has 20 heavy (non-hydrogen) atoms. The van der Waals surface area contributed by atoms with Crippen LogP contribution in [0.5, 0.6) is 11.5 Å². The van der Waals surface area contributed by atoms with E-state index in [1.807, 2.05) is 0 Å². The van der Waals surface area contributed by atoms with Crippen molar-refractivity contribution in [2.45, 2.75) is 69.1 Å². The van der Waals surface area contributed by atoms with Crippen LogP contribution in [-0.2, 0) is 5.41 Å². The van der Waals surface area contributed by atoms with Crippen LogP contribution < -0.4 is 15.2 Å². The van der Waals surface area contributed by atoms with E-state index in [1.54, 1.807) is 0 Å². The molecule has 3 aliphatic rings. The molecule has 1 spiro atoms. The Morgan fingerprint density at radius 1 is 1.00 bits per heavy atom. The van der Waals surface area contributed by atoms with Crippen LogP contribution in [0, 0.1) is 0 Å². The average molecular weight is 273 g/mol. The molecule has 0 aromatic heterocycles. The summed E-state index contributed by atoms with van der Waals surface area (Å²) in [5, 5.41) is 0. The lowest BCUT2D eigenvalue weighted by Gasteiger charge is -2.31. The predicted octanol–water partition coefficient (Wildman–Crippen LogP) is 3.50. The van der Waals surface area contributed by atoms with E-state index in [0.29, 0.717) is 0 Å². The molecule has 1 aromatic rings. The molecule has 0 amide bonds. The Morgan fingerprint density at radius 3 is 2.35 bits per heavy atom. The highest BCUT2D eigenvalue weighted by molar-refractivity contribution is 5.49. The third-order valence-electron chi connectivity index (χ3n) is 5.39. The first-order valence-corrected chi connectivity index (χ1v) is 7.92. The van der Waals surface area contributed by atoms with Crippen molar-refractivity contribution in [1.29, 1.82) is 0 Å². The maximum Gasteiger partial charge on any atom is 0.251 e. The summed E-state index contributed by atoms with van der Waals surface area (Å²) in [5.74, 6) is 1.47. The molecule has 2 saturated carbocycles. The summed E-state index contributed by atoms with van der Waals surface area (Å²) in [6.45, 7) is 2.11. The van der Waals surface area contributed by atoms with Crippen molar-refractivity contribution in [3.05, 3.63) is 23.8 Å². The molecule has 1 atom stereocenters. The summed E-state index contributed by atoms with van der Waals surface area (Å²) in [6.07, 6.45) is 8.09. The van der Waals surface area contributed by atoms with Crippen LogP contribution in [0.2, 0.25) is 0 Å². The molecule has 1 aromatic carbocycles. The smallest absolute Gasteiger partial charge is 0.251 e. The van der Waals surface area contributed by atoms with E-state index in [0.717, 1.165) is 24.3 Å². The number of fused-ring (bicyclic) bond motifs is 1. The van der Waals surface area contributed by atoms with E-state index in [-0.39, 0.29) is 17.2 Å². The number of benzene rings is 1. The predicted molar refractivity (Wildman–Crippen MR) is 78.1 cm³/mol. The summed E-state index contributed by atoms with van der Waals surface area (Å²) in [6, 6.07) is 6.64. The molecular weight excluding hydrogens is 250 g/mol. The Morgan fingerprint density at radius 2 is 1.70 bits per heavy atom. The third kappa shape index (κ3) is 1.76. The Hall–Kier alpha value is -1.22. The quantitative estimate of drug-likeness (QED) is 0.897.